The molecule has 8 heteroatoms. The SMILES string of the molecule is NCc1sccc1S(=O)(=O)NCc1cnc[nH]1. The van der Waals surface area contributed by atoms with Gasteiger partial charge in [-0.05, 0) is 11.4 Å². The van der Waals surface area contributed by atoms with E-state index >= 15 is 0 Å². The van der Waals surface area contributed by atoms with E-state index in [1.807, 2.05) is 0 Å². The summed E-state index contributed by atoms with van der Waals surface area (Å²) < 4.78 is 26.4. The van der Waals surface area contributed by atoms with Gasteiger partial charge in [0.2, 0.25) is 10.0 Å². The molecule has 2 aromatic rings. The average molecular weight is 272 g/mol. The van der Waals surface area contributed by atoms with E-state index in [4.69, 9.17) is 5.73 Å². The minimum Gasteiger partial charge on any atom is -0.347 e. The Morgan fingerprint density at radius 1 is 1.53 bits per heavy atom. The summed E-state index contributed by atoms with van der Waals surface area (Å²) in [5.41, 5.74) is 6.19. The Kier molecular flexibility index (Phi) is 3.57. The van der Waals surface area contributed by atoms with Crippen LogP contribution in [0.1, 0.15) is 10.6 Å². The molecule has 0 aliphatic heterocycles. The van der Waals surface area contributed by atoms with Crippen LogP contribution in [0, 0.1) is 0 Å². The predicted molar refractivity (Wildman–Crippen MR) is 64.8 cm³/mol. The molecule has 0 radical (unpaired) electrons. The highest BCUT2D eigenvalue weighted by atomic mass is 32.2. The van der Waals surface area contributed by atoms with Gasteiger partial charge in [0.25, 0.3) is 0 Å². The van der Waals surface area contributed by atoms with Gasteiger partial charge in [0.1, 0.15) is 0 Å². The summed E-state index contributed by atoms with van der Waals surface area (Å²) >= 11 is 1.34. The lowest BCUT2D eigenvalue weighted by molar-refractivity contribution is 0.580. The maximum Gasteiger partial charge on any atom is 0.242 e. The summed E-state index contributed by atoms with van der Waals surface area (Å²) in [5.74, 6) is 0. The molecule has 0 aromatic carbocycles. The van der Waals surface area contributed by atoms with Gasteiger partial charge in [-0.15, -0.1) is 11.3 Å². The number of nitrogens with one attached hydrogen (secondary N) is 2. The van der Waals surface area contributed by atoms with Gasteiger partial charge in [-0.3, -0.25) is 0 Å². The molecular weight excluding hydrogens is 260 g/mol. The molecule has 0 spiro atoms. The van der Waals surface area contributed by atoms with Crippen molar-refractivity contribution in [2.45, 2.75) is 18.0 Å². The maximum atomic E-state index is 12.0. The smallest absolute Gasteiger partial charge is 0.242 e. The van der Waals surface area contributed by atoms with Gasteiger partial charge in [0, 0.05) is 23.3 Å². The van der Waals surface area contributed by atoms with Crippen LogP contribution in [0.5, 0.6) is 0 Å². The van der Waals surface area contributed by atoms with Crippen molar-refractivity contribution in [2.75, 3.05) is 0 Å². The Labute approximate surface area is 103 Å². The second-order valence-corrected chi connectivity index (χ2v) is 6.05. The fourth-order valence-electron chi connectivity index (χ4n) is 1.35. The highest BCUT2D eigenvalue weighted by Gasteiger charge is 2.18. The summed E-state index contributed by atoms with van der Waals surface area (Å²) in [6, 6.07) is 1.56. The Hall–Kier alpha value is -1.22. The number of sulfonamides is 1. The van der Waals surface area contributed by atoms with Crippen molar-refractivity contribution in [1.29, 1.82) is 0 Å². The van der Waals surface area contributed by atoms with Crippen LogP contribution in [0.25, 0.3) is 0 Å². The van der Waals surface area contributed by atoms with Crippen molar-refractivity contribution in [3.63, 3.8) is 0 Å². The normalized spacial score (nSPS) is 11.8. The summed E-state index contributed by atoms with van der Waals surface area (Å²) in [6.07, 6.45) is 3.07. The molecule has 0 saturated carbocycles. The zero-order valence-corrected chi connectivity index (χ0v) is 10.5. The number of aromatic nitrogens is 2. The molecule has 17 heavy (non-hydrogen) atoms. The first-order valence-corrected chi connectivity index (χ1v) is 7.23. The van der Waals surface area contributed by atoms with Crippen LogP contribution < -0.4 is 10.5 Å². The number of nitrogens with zero attached hydrogens (tertiary/aromatic N) is 1. The third-order valence-corrected chi connectivity index (χ3v) is 4.75. The standard InChI is InChI=1S/C9H12N4O2S2/c10-3-8-9(1-2-16-8)17(14,15)13-5-7-4-11-6-12-7/h1-2,4,6,13H,3,5,10H2,(H,11,12). The van der Waals surface area contributed by atoms with E-state index in [0.29, 0.717) is 10.6 Å². The molecule has 92 valence electrons. The summed E-state index contributed by atoms with van der Waals surface area (Å²) in [6.45, 7) is 0.403. The van der Waals surface area contributed by atoms with Crippen molar-refractivity contribution in [1.82, 2.24) is 14.7 Å². The first-order valence-electron chi connectivity index (χ1n) is 4.87. The minimum atomic E-state index is -3.50. The number of nitrogens with two attached hydrogens (primary N) is 1. The van der Waals surface area contributed by atoms with Crippen LogP contribution in [0.4, 0.5) is 0 Å². The number of rotatable bonds is 5. The summed E-state index contributed by atoms with van der Waals surface area (Å²) in [7, 11) is -3.50. The molecule has 0 fully saturated rings. The average Bonchev–Trinajstić information content (AvgIpc) is 2.97. The fraction of sp³-hybridized carbons (Fsp3) is 0.222. The topological polar surface area (TPSA) is 101 Å². The molecule has 0 amide bonds. The monoisotopic (exact) mass is 272 g/mol. The van der Waals surface area contributed by atoms with Crippen molar-refractivity contribution in [3.05, 3.63) is 34.5 Å². The van der Waals surface area contributed by atoms with E-state index in [0.717, 1.165) is 0 Å². The number of hydrogen-bond acceptors (Lipinski definition) is 5. The molecule has 0 unspecified atom stereocenters. The first-order chi connectivity index (χ1) is 8.13. The second-order valence-electron chi connectivity index (χ2n) is 3.31. The van der Waals surface area contributed by atoms with E-state index in [1.165, 1.54) is 17.7 Å². The lowest BCUT2D eigenvalue weighted by Crippen LogP contribution is -2.24. The van der Waals surface area contributed by atoms with E-state index in [-0.39, 0.29) is 18.0 Å². The third-order valence-electron chi connectivity index (χ3n) is 2.19. The van der Waals surface area contributed by atoms with Crippen molar-refractivity contribution in [3.8, 4) is 0 Å². The van der Waals surface area contributed by atoms with Gasteiger partial charge in [-0.2, -0.15) is 0 Å². The Morgan fingerprint density at radius 3 is 3.00 bits per heavy atom. The lowest BCUT2D eigenvalue weighted by atomic mass is 10.5. The largest absolute Gasteiger partial charge is 0.347 e. The van der Waals surface area contributed by atoms with Gasteiger partial charge < -0.3 is 10.7 Å². The molecular formula is C9H12N4O2S2. The van der Waals surface area contributed by atoms with Crippen molar-refractivity contribution >= 4 is 21.4 Å². The first kappa shape index (κ1) is 12.2. The molecule has 6 nitrogen and oxygen atoms in total. The number of hydrogen-bond donors (Lipinski definition) is 3. The summed E-state index contributed by atoms with van der Waals surface area (Å²) in [5, 5.41) is 1.72. The predicted octanol–water partition coefficient (Wildman–Crippen LogP) is 0.408. The molecule has 0 saturated heterocycles. The van der Waals surface area contributed by atoms with Gasteiger partial charge >= 0.3 is 0 Å². The fourth-order valence-corrected chi connectivity index (χ4v) is 3.69. The van der Waals surface area contributed by atoms with Gasteiger partial charge in [0.15, 0.2) is 0 Å². The van der Waals surface area contributed by atoms with E-state index < -0.39 is 10.0 Å². The van der Waals surface area contributed by atoms with E-state index in [1.54, 1.807) is 17.6 Å². The number of imidazole rings is 1. The highest BCUT2D eigenvalue weighted by molar-refractivity contribution is 7.89. The molecule has 0 bridgehead atoms. The minimum absolute atomic E-state index is 0.183. The molecule has 0 atom stereocenters. The van der Waals surface area contributed by atoms with Gasteiger partial charge in [0.05, 0.1) is 17.8 Å². The molecule has 0 aliphatic rings. The van der Waals surface area contributed by atoms with Crippen LogP contribution in [-0.4, -0.2) is 18.4 Å². The van der Waals surface area contributed by atoms with Crippen LogP contribution in [-0.2, 0) is 23.1 Å². The molecule has 4 N–H and O–H groups in total. The molecule has 2 aromatic heterocycles. The van der Waals surface area contributed by atoms with E-state index in [9.17, 15) is 8.42 Å². The lowest BCUT2D eigenvalue weighted by Gasteiger charge is -2.05. The number of H-pyrrole nitrogens is 1. The van der Waals surface area contributed by atoms with E-state index in [2.05, 4.69) is 14.7 Å². The van der Waals surface area contributed by atoms with Gasteiger partial charge in [-0.1, -0.05) is 0 Å². The molecule has 2 heterocycles. The quantitative estimate of drug-likeness (QED) is 0.733. The Balaban J connectivity index is 2.14. The van der Waals surface area contributed by atoms with Gasteiger partial charge in [-0.25, -0.2) is 18.1 Å². The third kappa shape index (κ3) is 2.72. The van der Waals surface area contributed by atoms with Crippen LogP contribution in [0.15, 0.2) is 28.9 Å². The van der Waals surface area contributed by atoms with Crippen molar-refractivity contribution < 1.29 is 8.42 Å². The van der Waals surface area contributed by atoms with Crippen LogP contribution >= 0.6 is 11.3 Å². The number of aromatic amines is 1. The number of thiophene rings is 1. The van der Waals surface area contributed by atoms with Crippen LogP contribution in [0.2, 0.25) is 0 Å². The second kappa shape index (κ2) is 4.96. The highest BCUT2D eigenvalue weighted by Crippen LogP contribution is 2.21. The van der Waals surface area contributed by atoms with Crippen molar-refractivity contribution in [2.24, 2.45) is 5.73 Å². The Morgan fingerprint density at radius 2 is 2.35 bits per heavy atom. The van der Waals surface area contributed by atoms with Crippen LogP contribution in [0.3, 0.4) is 0 Å². The Bertz CT molecular complexity index is 574. The molecule has 2 rings (SSSR count). The zero-order valence-electron chi connectivity index (χ0n) is 8.88. The molecule has 0 aliphatic carbocycles. The zero-order chi connectivity index (χ0) is 12.3. The maximum absolute atomic E-state index is 12.0. The summed E-state index contributed by atoms with van der Waals surface area (Å²) in [4.78, 5) is 7.54.